The number of aryl methyl sites for hydroxylation is 1. The number of amides is 1. The molecule has 8 heteroatoms. The third-order valence-electron chi connectivity index (χ3n) is 3.66. The Hall–Kier alpha value is -2.51. The first-order chi connectivity index (χ1) is 10.6. The average molecular weight is 301 g/mol. The molecule has 22 heavy (non-hydrogen) atoms. The van der Waals surface area contributed by atoms with E-state index in [0.717, 1.165) is 36.9 Å². The number of anilines is 1. The van der Waals surface area contributed by atoms with Crippen LogP contribution in [0.2, 0.25) is 0 Å². The molecule has 1 amide bonds. The van der Waals surface area contributed by atoms with Crippen molar-refractivity contribution in [3.63, 3.8) is 0 Å². The van der Waals surface area contributed by atoms with Crippen LogP contribution in [0.1, 0.15) is 28.6 Å². The summed E-state index contributed by atoms with van der Waals surface area (Å²) in [6, 6.07) is 3.44. The minimum absolute atomic E-state index is 0.223. The van der Waals surface area contributed by atoms with Crippen LogP contribution < -0.4 is 10.2 Å². The van der Waals surface area contributed by atoms with Crippen molar-refractivity contribution in [3.05, 3.63) is 29.5 Å². The lowest BCUT2D eigenvalue weighted by atomic mass is 10.3. The normalized spacial score (nSPS) is 13.0. The topological polar surface area (TPSA) is 88.8 Å². The maximum absolute atomic E-state index is 12.0. The molecule has 2 aromatic heterocycles. The summed E-state index contributed by atoms with van der Waals surface area (Å²) in [5.41, 5.74) is 0.317. The number of nitrogens with zero attached hydrogens (tertiary/aromatic N) is 6. The summed E-state index contributed by atoms with van der Waals surface area (Å²) in [7, 11) is 3.75. The van der Waals surface area contributed by atoms with E-state index in [1.54, 1.807) is 12.1 Å². The number of nitrogens with one attached hydrogen (secondary N) is 1. The number of carbonyl (C=O) groups excluding carboxylic acids is 1. The molecule has 3 rings (SSSR count). The number of hydrogen-bond donors (Lipinski definition) is 1. The van der Waals surface area contributed by atoms with Crippen molar-refractivity contribution in [2.24, 2.45) is 0 Å². The van der Waals surface area contributed by atoms with E-state index < -0.39 is 0 Å². The highest BCUT2D eigenvalue weighted by atomic mass is 16.1. The third-order valence-corrected chi connectivity index (χ3v) is 3.66. The summed E-state index contributed by atoms with van der Waals surface area (Å²) < 4.78 is 2.14. The van der Waals surface area contributed by atoms with E-state index in [1.807, 2.05) is 19.0 Å². The molecule has 0 spiro atoms. The zero-order chi connectivity index (χ0) is 15.5. The molecule has 0 saturated heterocycles. The fraction of sp³-hybridized carbons (Fsp3) is 0.500. The molecule has 8 nitrogen and oxygen atoms in total. The molecule has 0 aliphatic carbocycles. The van der Waals surface area contributed by atoms with Crippen LogP contribution in [0.15, 0.2) is 12.1 Å². The van der Waals surface area contributed by atoms with E-state index in [9.17, 15) is 4.79 Å². The van der Waals surface area contributed by atoms with Crippen molar-refractivity contribution < 1.29 is 4.79 Å². The highest BCUT2D eigenvalue weighted by molar-refractivity contribution is 5.92. The largest absolute Gasteiger partial charge is 0.361 e. The van der Waals surface area contributed by atoms with Gasteiger partial charge in [0.05, 0.1) is 0 Å². The van der Waals surface area contributed by atoms with Gasteiger partial charge in [-0.15, -0.1) is 20.4 Å². The Labute approximate surface area is 128 Å². The Balaban J connectivity index is 1.53. The Morgan fingerprint density at radius 3 is 2.86 bits per heavy atom. The fourth-order valence-corrected chi connectivity index (χ4v) is 2.46. The van der Waals surface area contributed by atoms with Gasteiger partial charge in [-0.2, -0.15) is 0 Å². The van der Waals surface area contributed by atoms with E-state index in [-0.39, 0.29) is 5.91 Å². The summed E-state index contributed by atoms with van der Waals surface area (Å²) in [4.78, 5) is 13.9. The monoisotopic (exact) mass is 301 g/mol. The lowest BCUT2D eigenvalue weighted by Crippen LogP contribution is -2.27. The van der Waals surface area contributed by atoms with Crippen LogP contribution in [0.25, 0.3) is 0 Å². The van der Waals surface area contributed by atoms with Gasteiger partial charge < -0.3 is 14.8 Å². The van der Waals surface area contributed by atoms with Crippen molar-refractivity contribution in [1.29, 1.82) is 0 Å². The van der Waals surface area contributed by atoms with Gasteiger partial charge in [0.25, 0.3) is 5.91 Å². The van der Waals surface area contributed by atoms with E-state index in [0.29, 0.717) is 18.7 Å². The van der Waals surface area contributed by atoms with Crippen molar-refractivity contribution in [1.82, 2.24) is 30.3 Å². The molecule has 116 valence electrons. The van der Waals surface area contributed by atoms with Gasteiger partial charge in [0.15, 0.2) is 11.5 Å². The van der Waals surface area contributed by atoms with Crippen LogP contribution >= 0.6 is 0 Å². The molecule has 1 N–H and O–H groups in total. The minimum atomic E-state index is -0.223. The Morgan fingerprint density at radius 1 is 1.27 bits per heavy atom. The fourth-order valence-electron chi connectivity index (χ4n) is 2.46. The predicted octanol–water partition coefficient (Wildman–Crippen LogP) is 0.0528. The summed E-state index contributed by atoms with van der Waals surface area (Å²) in [5, 5.41) is 19.1. The molecule has 1 aliphatic heterocycles. The van der Waals surface area contributed by atoms with Crippen LogP contribution in [0.3, 0.4) is 0 Å². The molecule has 0 aromatic carbocycles. The lowest BCUT2D eigenvalue weighted by Gasteiger charge is -2.10. The summed E-state index contributed by atoms with van der Waals surface area (Å²) >= 11 is 0. The second-order valence-electron chi connectivity index (χ2n) is 5.46. The molecule has 0 unspecified atom stereocenters. The second kappa shape index (κ2) is 6.08. The number of aromatic nitrogens is 5. The molecule has 0 bridgehead atoms. The van der Waals surface area contributed by atoms with Crippen LogP contribution in [0, 0.1) is 0 Å². The Kier molecular flexibility index (Phi) is 3.99. The lowest BCUT2D eigenvalue weighted by molar-refractivity contribution is 0.0948. The van der Waals surface area contributed by atoms with Crippen molar-refractivity contribution in [2.45, 2.75) is 25.8 Å². The van der Waals surface area contributed by atoms with E-state index in [4.69, 9.17) is 0 Å². The smallest absolute Gasteiger partial charge is 0.271 e. The third kappa shape index (κ3) is 2.90. The zero-order valence-electron chi connectivity index (χ0n) is 12.8. The maximum Gasteiger partial charge on any atom is 0.271 e. The molecule has 2 aromatic rings. The van der Waals surface area contributed by atoms with Crippen LogP contribution in [0.4, 0.5) is 5.82 Å². The highest BCUT2D eigenvalue weighted by Gasteiger charge is 2.17. The molecule has 0 radical (unpaired) electrons. The second-order valence-corrected chi connectivity index (χ2v) is 5.46. The number of rotatable bonds is 5. The SMILES string of the molecule is CN(C)c1ccc(C(=O)NCCc2nnc3n2CCC3)nn1. The van der Waals surface area contributed by atoms with Gasteiger partial charge in [-0.1, -0.05) is 0 Å². The van der Waals surface area contributed by atoms with Gasteiger partial charge in [-0.05, 0) is 18.6 Å². The van der Waals surface area contributed by atoms with Crippen molar-refractivity contribution in [2.75, 3.05) is 25.5 Å². The van der Waals surface area contributed by atoms with Gasteiger partial charge in [-0.3, -0.25) is 4.79 Å². The predicted molar refractivity (Wildman–Crippen MR) is 80.7 cm³/mol. The number of carbonyl (C=O) groups is 1. The van der Waals surface area contributed by atoms with Crippen molar-refractivity contribution in [3.8, 4) is 0 Å². The van der Waals surface area contributed by atoms with Crippen molar-refractivity contribution >= 4 is 11.7 Å². The minimum Gasteiger partial charge on any atom is -0.361 e. The molecule has 0 fully saturated rings. The van der Waals surface area contributed by atoms with Gasteiger partial charge in [0, 0.05) is 40.0 Å². The number of fused-ring (bicyclic) bond motifs is 1. The molecular formula is C14H19N7O. The first-order valence-electron chi connectivity index (χ1n) is 7.35. The quantitative estimate of drug-likeness (QED) is 0.839. The molecule has 0 atom stereocenters. The Bertz CT molecular complexity index is 662. The van der Waals surface area contributed by atoms with Gasteiger partial charge in [0.1, 0.15) is 11.6 Å². The standard InChI is InChI=1S/C14H19N7O/c1-20(2)11-6-5-10(16-17-11)14(22)15-8-7-13-19-18-12-4-3-9-21(12)13/h5-6H,3-4,7-9H2,1-2H3,(H,15,22). The van der Waals surface area contributed by atoms with Crippen LogP contribution in [-0.4, -0.2) is 51.5 Å². The van der Waals surface area contributed by atoms with Gasteiger partial charge >= 0.3 is 0 Å². The molecular weight excluding hydrogens is 282 g/mol. The van der Waals surface area contributed by atoms with E-state index in [2.05, 4.69) is 30.3 Å². The molecule has 3 heterocycles. The highest BCUT2D eigenvalue weighted by Crippen LogP contribution is 2.14. The maximum atomic E-state index is 12.0. The van der Waals surface area contributed by atoms with Crippen LogP contribution in [0.5, 0.6) is 0 Å². The first kappa shape index (κ1) is 14.4. The first-order valence-corrected chi connectivity index (χ1v) is 7.35. The summed E-state index contributed by atoms with van der Waals surface area (Å²) in [6.45, 7) is 1.48. The van der Waals surface area contributed by atoms with Gasteiger partial charge in [0.2, 0.25) is 0 Å². The zero-order valence-corrected chi connectivity index (χ0v) is 12.8. The van der Waals surface area contributed by atoms with E-state index in [1.165, 1.54) is 0 Å². The average Bonchev–Trinajstić information content (AvgIpc) is 3.12. The van der Waals surface area contributed by atoms with Crippen LogP contribution in [-0.2, 0) is 19.4 Å². The van der Waals surface area contributed by atoms with Gasteiger partial charge in [-0.25, -0.2) is 0 Å². The number of hydrogen-bond acceptors (Lipinski definition) is 6. The summed E-state index contributed by atoms with van der Waals surface area (Å²) in [5.74, 6) is 2.47. The molecule has 1 aliphatic rings. The molecule has 0 saturated carbocycles. The van der Waals surface area contributed by atoms with E-state index >= 15 is 0 Å². The summed E-state index contributed by atoms with van der Waals surface area (Å²) in [6.07, 6.45) is 2.78. The Morgan fingerprint density at radius 2 is 2.14 bits per heavy atom.